The number of nitrogens with one attached hydrogen (secondary N) is 1. The second-order valence-electron chi connectivity index (χ2n) is 6.44. The SMILES string of the molecule is Clc1ccc(N2CCN[C@@H](CC3CCCCC3)C2)cc1Cl. The highest BCUT2D eigenvalue weighted by Crippen LogP contribution is 2.30. The van der Waals surface area contributed by atoms with Crippen molar-refractivity contribution in [2.24, 2.45) is 5.92 Å². The first kappa shape index (κ1) is 15.5. The quantitative estimate of drug-likeness (QED) is 0.862. The van der Waals surface area contributed by atoms with Crippen molar-refractivity contribution >= 4 is 28.9 Å². The molecule has 21 heavy (non-hydrogen) atoms. The summed E-state index contributed by atoms with van der Waals surface area (Å²) in [5, 5.41) is 4.97. The number of halogens is 2. The summed E-state index contributed by atoms with van der Waals surface area (Å²) < 4.78 is 0. The van der Waals surface area contributed by atoms with Crippen LogP contribution in [0.15, 0.2) is 18.2 Å². The topological polar surface area (TPSA) is 15.3 Å². The first-order chi connectivity index (χ1) is 10.2. The zero-order valence-electron chi connectivity index (χ0n) is 12.5. The first-order valence-electron chi connectivity index (χ1n) is 8.16. The van der Waals surface area contributed by atoms with Gasteiger partial charge in [-0.15, -0.1) is 0 Å². The second-order valence-corrected chi connectivity index (χ2v) is 7.25. The highest BCUT2D eigenvalue weighted by atomic mass is 35.5. The molecular weight excluding hydrogens is 303 g/mol. The van der Waals surface area contributed by atoms with Crippen molar-refractivity contribution in [2.75, 3.05) is 24.5 Å². The summed E-state index contributed by atoms with van der Waals surface area (Å²) >= 11 is 12.2. The molecule has 1 aliphatic carbocycles. The van der Waals surface area contributed by atoms with E-state index < -0.39 is 0 Å². The zero-order chi connectivity index (χ0) is 14.7. The molecule has 1 aromatic rings. The predicted molar refractivity (Wildman–Crippen MR) is 91.7 cm³/mol. The molecule has 2 fully saturated rings. The molecule has 2 nitrogen and oxygen atoms in total. The Morgan fingerprint density at radius 2 is 1.90 bits per heavy atom. The van der Waals surface area contributed by atoms with Crippen LogP contribution < -0.4 is 10.2 Å². The molecule has 1 saturated carbocycles. The van der Waals surface area contributed by atoms with E-state index in [2.05, 4.69) is 16.3 Å². The van der Waals surface area contributed by atoms with Gasteiger partial charge >= 0.3 is 0 Å². The molecule has 1 N–H and O–H groups in total. The van der Waals surface area contributed by atoms with Crippen LogP contribution in [0.5, 0.6) is 0 Å². The van der Waals surface area contributed by atoms with E-state index in [-0.39, 0.29) is 0 Å². The minimum absolute atomic E-state index is 0.608. The molecule has 2 aliphatic rings. The van der Waals surface area contributed by atoms with Crippen LogP contribution in [0.1, 0.15) is 38.5 Å². The van der Waals surface area contributed by atoms with E-state index in [1.165, 1.54) is 44.2 Å². The van der Waals surface area contributed by atoms with Crippen LogP contribution >= 0.6 is 23.2 Å². The van der Waals surface area contributed by atoms with Gasteiger partial charge in [-0.25, -0.2) is 0 Å². The number of piperazine rings is 1. The smallest absolute Gasteiger partial charge is 0.0612 e. The first-order valence-corrected chi connectivity index (χ1v) is 8.91. The van der Waals surface area contributed by atoms with Crippen LogP contribution in [-0.4, -0.2) is 25.7 Å². The maximum atomic E-state index is 6.15. The van der Waals surface area contributed by atoms with Gasteiger partial charge in [0.2, 0.25) is 0 Å². The predicted octanol–water partition coefficient (Wildman–Crippen LogP) is 4.74. The van der Waals surface area contributed by atoms with E-state index in [1.807, 2.05) is 12.1 Å². The third-order valence-electron chi connectivity index (χ3n) is 4.87. The largest absolute Gasteiger partial charge is 0.369 e. The molecule has 0 aromatic heterocycles. The summed E-state index contributed by atoms with van der Waals surface area (Å²) in [5.41, 5.74) is 1.19. The van der Waals surface area contributed by atoms with Gasteiger partial charge in [0.1, 0.15) is 0 Å². The Morgan fingerprint density at radius 3 is 2.67 bits per heavy atom. The van der Waals surface area contributed by atoms with Crippen molar-refractivity contribution in [3.63, 3.8) is 0 Å². The molecule has 1 aliphatic heterocycles. The number of nitrogens with zero attached hydrogens (tertiary/aromatic N) is 1. The van der Waals surface area contributed by atoms with E-state index in [1.54, 1.807) is 0 Å². The summed E-state index contributed by atoms with van der Waals surface area (Å²) in [6.07, 6.45) is 8.44. The van der Waals surface area contributed by atoms with Crippen molar-refractivity contribution in [1.82, 2.24) is 5.32 Å². The lowest BCUT2D eigenvalue weighted by Crippen LogP contribution is -2.51. The Kier molecular flexibility index (Phi) is 5.31. The maximum Gasteiger partial charge on any atom is 0.0612 e. The molecule has 0 spiro atoms. The van der Waals surface area contributed by atoms with Crippen LogP contribution in [0.4, 0.5) is 5.69 Å². The molecule has 116 valence electrons. The van der Waals surface area contributed by atoms with Gasteiger partial charge in [0.05, 0.1) is 10.0 Å². The monoisotopic (exact) mass is 326 g/mol. The van der Waals surface area contributed by atoms with Gasteiger partial charge in [0, 0.05) is 31.4 Å². The number of rotatable bonds is 3. The van der Waals surface area contributed by atoms with E-state index in [0.717, 1.165) is 25.6 Å². The van der Waals surface area contributed by atoms with E-state index >= 15 is 0 Å². The van der Waals surface area contributed by atoms with Gasteiger partial charge in [-0.1, -0.05) is 55.3 Å². The standard InChI is InChI=1S/C17H24Cl2N2/c18-16-7-6-15(11-17(16)19)21-9-8-20-14(12-21)10-13-4-2-1-3-5-13/h6-7,11,13-14,20H,1-5,8-10,12H2/t14-/m0/s1. The summed E-state index contributed by atoms with van der Waals surface area (Å²) in [5.74, 6) is 0.921. The molecule has 0 bridgehead atoms. The molecule has 1 aromatic carbocycles. The van der Waals surface area contributed by atoms with E-state index in [0.29, 0.717) is 16.1 Å². The fourth-order valence-electron chi connectivity index (χ4n) is 3.72. The molecule has 0 radical (unpaired) electrons. The molecular formula is C17H24Cl2N2. The number of hydrogen-bond acceptors (Lipinski definition) is 2. The van der Waals surface area contributed by atoms with Crippen molar-refractivity contribution in [1.29, 1.82) is 0 Å². The van der Waals surface area contributed by atoms with Crippen LogP contribution in [0.25, 0.3) is 0 Å². The summed E-state index contributed by atoms with van der Waals surface area (Å²) in [6.45, 7) is 3.17. The van der Waals surface area contributed by atoms with Crippen LogP contribution in [0, 0.1) is 5.92 Å². The van der Waals surface area contributed by atoms with Crippen molar-refractivity contribution in [3.05, 3.63) is 28.2 Å². The van der Waals surface area contributed by atoms with Crippen LogP contribution in [-0.2, 0) is 0 Å². The fraction of sp³-hybridized carbons (Fsp3) is 0.647. The molecule has 0 amide bonds. The Bertz CT molecular complexity index is 472. The van der Waals surface area contributed by atoms with Gasteiger partial charge in [-0.2, -0.15) is 0 Å². The average molecular weight is 327 g/mol. The Hall–Kier alpha value is -0.440. The van der Waals surface area contributed by atoms with Gasteiger partial charge < -0.3 is 10.2 Å². The second kappa shape index (κ2) is 7.21. The number of benzene rings is 1. The summed E-state index contributed by atoms with van der Waals surface area (Å²) in [4.78, 5) is 2.44. The summed E-state index contributed by atoms with van der Waals surface area (Å²) in [6, 6.07) is 6.58. The van der Waals surface area contributed by atoms with Crippen molar-refractivity contribution < 1.29 is 0 Å². The number of anilines is 1. The third-order valence-corrected chi connectivity index (χ3v) is 5.61. The maximum absolute atomic E-state index is 6.15. The molecule has 4 heteroatoms. The van der Waals surface area contributed by atoms with Crippen LogP contribution in [0.3, 0.4) is 0 Å². The minimum Gasteiger partial charge on any atom is -0.369 e. The normalized spacial score (nSPS) is 24.3. The lowest BCUT2D eigenvalue weighted by Gasteiger charge is -2.37. The van der Waals surface area contributed by atoms with Crippen LogP contribution in [0.2, 0.25) is 10.0 Å². The molecule has 1 heterocycles. The highest BCUT2D eigenvalue weighted by Gasteiger charge is 2.24. The van der Waals surface area contributed by atoms with Gasteiger partial charge in [0.25, 0.3) is 0 Å². The fourth-order valence-corrected chi connectivity index (χ4v) is 4.02. The van der Waals surface area contributed by atoms with Gasteiger partial charge in [-0.3, -0.25) is 0 Å². The lowest BCUT2D eigenvalue weighted by molar-refractivity contribution is 0.289. The van der Waals surface area contributed by atoms with Crippen molar-refractivity contribution in [2.45, 2.75) is 44.6 Å². The molecule has 1 atom stereocenters. The average Bonchev–Trinajstić information content (AvgIpc) is 2.51. The lowest BCUT2D eigenvalue weighted by atomic mass is 9.84. The molecule has 3 rings (SSSR count). The molecule has 1 saturated heterocycles. The van der Waals surface area contributed by atoms with Gasteiger partial charge in [0.15, 0.2) is 0 Å². The van der Waals surface area contributed by atoms with Crippen molar-refractivity contribution in [3.8, 4) is 0 Å². The minimum atomic E-state index is 0.608. The van der Waals surface area contributed by atoms with Gasteiger partial charge in [-0.05, 0) is 30.5 Å². The number of hydrogen-bond donors (Lipinski definition) is 1. The summed E-state index contributed by atoms with van der Waals surface area (Å²) in [7, 11) is 0. The van der Waals surface area contributed by atoms with E-state index in [4.69, 9.17) is 23.2 Å². The third kappa shape index (κ3) is 4.06. The zero-order valence-corrected chi connectivity index (χ0v) is 14.0. The molecule has 0 unspecified atom stereocenters. The Labute approximate surface area is 137 Å². The van der Waals surface area contributed by atoms with E-state index in [9.17, 15) is 0 Å². The Balaban J connectivity index is 1.60. The highest BCUT2D eigenvalue weighted by molar-refractivity contribution is 6.42. The Morgan fingerprint density at radius 1 is 1.10 bits per heavy atom.